The van der Waals surface area contributed by atoms with Gasteiger partial charge in [0.2, 0.25) is 0 Å². The Balaban J connectivity index is 1.65. The third-order valence-electron chi connectivity index (χ3n) is 6.28. The van der Waals surface area contributed by atoms with E-state index in [1.165, 1.54) is 0 Å². The van der Waals surface area contributed by atoms with E-state index in [1.807, 2.05) is 6.92 Å². The molecule has 1 unspecified atom stereocenters. The molecule has 4 heterocycles. The van der Waals surface area contributed by atoms with Crippen LogP contribution in [-0.4, -0.2) is 36.2 Å². The molecule has 0 aliphatic carbocycles. The average molecular weight is 486 g/mol. The molecule has 11 heteroatoms. The Labute approximate surface area is 198 Å². The molecule has 0 saturated carbocycles. The lowest BCUT2D eigenvalue weighted by molar-refractivity contribution is -0.137. The smallest absolute Gasteiger partial charge is 0.370 e. The van der Waals surface area contributed by atoms with Gasteiger partial charge in [0.05, 0.1) is 35.4 Å². The SMILES string of the molecule is Cc1nc2nc(C3C[C@@H](C)O[C@@H](c4cn[nH]c4)C3)nc(-c3ccc(C(F)(F)F)cc3F)c2nc1C. The maximum atomic E-state index is 15.0. The molecule has 4 aromatic rings. The van der Waals surface area contributed by atoms with Crippen LogP contribution in [0.5, 0.6) is 0 Å². The Morgan fingerprint density at radius 3 is 2.49 bits per heavy atom. The number of aromatic nitrogens is 6. The number of ether oxygens (including phenoxy) is 1. The van der Waals surface area contributed by atoms with Gasteiger partial charge in [-0.25, -0.2) is 24.3 Å². The molecule has 182 valence electrons. The number of aryl methyl sites for hydroxylation is 2. The van der Waals surface area contributed by atoms with E-state index in [9.17, 15) is 13.2 Å². The molecule has 3 atom stereocenters. The Morgan fingerprint density at radius 1 is 1.03 bits per heavy atom. The molecule has 1 aliphatic rings. The third-order valence-corrected chi connectivity index (χ3v) is 6.28. The molecule has 0 amide bonds. The number of nitrogens with one attached hydrogen (secondary N) is 1. The number of hydrogen-bond donors (Lipinski definition) is 1. The summed E-state index contributed by atoms with van der Waals surface area (Å²) in [6.07, 6.45) is -0.366. The molecule has 35 heavy (non-hydrogen) atoms. The second kappa shape index (κ2) is 8.63. The number of rotatable bonds is 3. The topological polar surface area (TPSA) is 89.5 Å². The van der Waals surface area contributed by atoms with Crippen LogP contribution in [0.25, 0.3) is 22.4 Å². The van der Waals surface area contributed by atoms with Crippen LogP contribution >= 0.6 is 0 Å². The summed E-state index contributed by atoms with van der Waals surface area (Å²) in [5.74, 6) is -0.766. The number of nitrogens with zero attached hydrogens (tertiary/aromatic N) is 5. The number of benzene rings is 1. The number of H-pyrrole nitrogens is 1. The maximum absolute atomic E-state index is 15.0. The van der Waals surface area contributed by atoms with Gasteiger partial charge in [0.15, 0.2) is 5.65 Å². The third kappa shape index (κ3) is 4.47. The van der Waals surface area contributed by atoms with Gasteiger partial charge >= 0.3 is 6.18 Å². The van der Waals surface area contributed by atoms with Crippen LogP contribution in [0.2, 0.25) is 0 Å². The Kier molecular flexibility index (Phi) is 5.74. The molecule has 0 spiro atoms. The van der Waals surface area contributed by atoms with Gasteiger partial charge < -0.3 is 4.74 Å². The highest BCUT2D eigenvalue weighted by Gasteiger charge is 2.34. The van der Waals surface area contributed by atoms with Crippen molar-refractivity contribution in [3.05, 3.63) is 64.7 Å². The molecule has 1 aromatic carbocycles. The van der Waals surface area contributed by atoms with Crippen molar-refractivity contribution in [3.63, 3.8) is 0 Å². The van der Waals surface area contributed by atoms with Gasteiger partial charge in [-0.05, 0) is 51.8 Å². The van der Waals surface area contributed by atoms with E-state index in [0.717, 1.165) is 17.7 Å². The van der Waals surface area contributed by atoms with E-state index < -0.39 is 17.6 Å². The van der Waals surface area contributed by atoms with Crippen LogP contribution in [0.15, 0.2) is 30.6 Å². The highest BCUT2D eigenvalue weighted by atomic mass is 19.4. The van der Waals surface area contributed by atoms with Crippen LogP contribution in [0.3, 0.4) is 0 Å². The summed E-state index contributed by atoms with van der Waals surface area (Å²) in [5, 5.41) is 6.77. The van der Waals surface area contributed by atoms with Crippen molar-refractivity contribution < 1.29 is 22.3 Å². The van der Waals surface area contributed by atoms with Gasteiger partial charge in [0, 0.05) is 23.2 Å². The number of fused-ring (bicyclic) bond motifs is 1. The number of alkyl halides is 3. The molecule has 0 radical (unpaired) electrons. The fraction of sp³-hybridized carbons (Fsp3) is 0.375. The number of hydrogen-bond acceptors (Lipinski definition) is 6. The number of halogens is 4. The zero-order valence-electron chi connectivity index (χ0n) is 19.2. The highest BCUT2D eigenvalue weighted by Crippen LogP contribution is 2.40. The molecular formula is C24H22F4N6O. The van der Waals surface area contributed by atoms with Crippen molar-refractivity contribution in [2.75, 3.05) is 0 Å². The van der Waals surface area contributed by atoms with Crippen molar-refractivity contribution >= 4 is 11.2 Å². The minimum Gasteiger partial charge on any atom is -0.370 e. The van der Waals surface area contributed by atoms with Gasteiger partial charge in [-0.15, -0.1) is 0 Å². The monoisotopic (exact) mass is 486 g/mol. The van der Waals surface area contributed by atoms with Crippen molar-refractivity contribution in [2.24, 2.45) is 0 Å². The predicted octanol–water partition coefficient (Wildman–Crippen LogP) is 5.61. The molecular weight excluding hydrogens is 464 g/mol. The number of aromatic amines is 1. The lowest BCUT2D eigenvalue weighted by atomic mass is 9.89. The molecule has 1 aliphatic heterocycles. The minimum absolute atomic E-state index is 0.0873. The average Bonchev–Trinajstić information content (AvgIpc) is 3.33. The van der Waals surface area contributed by atoms with Gasteiger partial charge in [0.1, 0.15) is 22.9 Å². The first-order valence-corrected chi connectivity index (χ1v) is 11.1. The molecule has 5 rings (SSSR count). The summed E-state index contributed by atoms with van der Waals surface area (Å²) >= 11 is 0. The Morgan fingerprint density at radius 2 is 1.80 bits per heavy atom. The fourth-order valence-electron chi connectivity index (χ4n) is 4.39. The molecule has 1 fully saturated rings. The van der Waals surface area contributed by atoms with Crippen LogP contribution in [0.1, 0.15) is 60.1 Å². The van der Waals surface area contributed by atoms with Crippen molar-refractivity contribution in [1.82, 2.24) is 30.1 Å². The van der Waals surface area contributed by atoms with Gasteiger partial charge in [-0.1, -0.05) is 0 Å². The standard InChI is InChI=1S/C24H22F4N6O/c1-11-6-14(7-19(35-11)15-9-29-30-10-15)22-33-20(21-23(34-22)32-13(3)12(2)31-21)17-5-4-16(8-18(17)25)24(26,27)28/h4-5,8-11,14,19H,6-7H2,1-3H3,(H,29,30)/t11-,14?,19-/m1/s1. The highest BCUT2D eigenvalue weighted by molar-refractivity contribution is 5.87. The van der Waals surface area contributed by atoms with E-state index in [1.54, 1.807) is 26.2 Å². The van der Waals surface area contributed by atoms with Gasteiger partial charge in [0.25, 0.3) is 0 Å². The summed E-state index contributed by atoms with van der Waals surface area (Å²) in [5.41, 5.74) is 1.61. The zero-order chi connectivity index (χ0) is 24.9. The van der Waals surface area contributed by atoms with Crippen molar-refractivity contribution in [3.8, 4) is 11.3 Å². The van der Waals surface area contributed by atoms with E-state index in [2.05, 4.69) is 30.1 Å². The first-order chi connectivity index (χ1) is 16.6. The zero-order valence-corrected chi connectivity index (χ0v) is 19.2. The fourth-order valence-corrected chi connectivity index (χ4v) is 4.39. The van der Waals surface area contributed by atoms with Gasteiger partial charge in [-0.3, -0.25) is 5.10 Å². The second-order valence-corrected chi connectivity index (χ2v) is 8.82. The molecule has 1 saturated heterocycles. The first-order valence-electron chi connectivity index (χ1n) is 11.1. The predicted molar refractivity (Wildman–Crippen MR) is 119 cm³/mol. The van der Waals surface area contributed by atoms with Gasteiger partial charge in [-0.2, -0.15) is 18.3 Å². The van der Waals surface area contributed by atoms with Crippen LogP contribution in [0.4, 0.5) is 17.6 Å². The van der Waals surface area contributed by atoms with Crippen molar-refractivity contribution in [1.29, 1.82) is 0 Å². The Bertz CT molecular complexity index is 1390. The van der Waals surface area contributed by atoms with E-state index in [-0.39, 0.29) is 40.5 Å². The summed E-state index contributed by atoms with van der Waals surface area (Å²) in [7, 11) is 0. The van der Waals surface area contributed by atoms with E-state index in [0.29, 0.717) is 36.1 Å². The second-order valence-electron chi connectivity index (χ2n) is 8.82. The van der Waals surface area contributed by atoms with Crippen LogP contribution in [0, 0.1) is 19.7 Å². The maximum Gasteiger partial charge on any atom is 0.416 e. The molecule has 3 aromatic heterocycles. The minimum atomic E-state index is -4.66. The summed E-state index contributed by atoms with van der Waals surface area (Å²) in [6, 6.07) is 2.40. The van der Waals surface area contributed by atoms with E-state index in [4.69, 9.17) is 4.74 Å². The van der Waals surface area contributed by atoms with Crippen LogP contribution < -0.4 is 0 Å². The molecule has 1 N–H and O–H groups in total. The largest absolute Gasteiger partial charge is 0.416 e. The first kappa shape index (κ1) is 23.3. The summed E-state index contributed by atoms with van der Waals surface area (Å²) < 4.78 is 60.4. The summed E-state index contributed by atoms with van der Waals surface area (Å²) in [6.45, 7) is 5.48. The quantitative estimate of drug-likeness (QED) is 0.379. The normalized spacial score (nSPS) is 20.9. The van der Waals surface area contributed by atoms with E-state index >= 15 is 4.39 Å². The van der Waals surface area contributed by atoms with Crippen molar-refractivity contribution in [2.45, 2.75) is 57.9 Å². The lowest BCUT2D eigenvalue weighted by Crippen LogP contribution is -2.26. The Hall–Kier alpha value is -3.47. The summed E-state index contributed by atoms with van der Waals surface area (Å²) in [4.78, 5) is 18.3. The molecule has 7 nitrogen and oxygen atoms in total. The molecule has 0 bridgehead atoms. The van der Waals surface area contributed by atoms with Crippen LogP contribution in [-0.2, 0) is 10.9 Å². The lowest BCUT2D eigenvalue weighted by Gasteiger charge is -2.33.